The number of ether oxygens (including phenoxy) is 1. The molecule has 0 aromatic heterocycles. The number of rotatable bonds is 14. The highest BCUT2D eigenvalue weighted by molar-refractivity contribution is 7.75. The van der Waals surface area contributed by atoms with Gasteiger partial charge in [0.15, 0.2) is 0 Å². The van der Waals surface area contributed by atoms with Crippen molar-refractivity contribution >= 4 is 7.26 Å². The fraction of sp³-hybridized carbons (Fsp3) is 0.778. The van der Waals surface area contributed by atoms with E-state index in [2.05, 4.69) is 46.8 Å². The summed E-state index contributed by atoms with van der Waals surface area (Å²) in [7, 11) is -0.562. The predicted molar refractivity (Wildman–Crippen MR) is 139 cm³/mol. The second-order valence-electron chi connectivity index (χ2n) is 9.46. The van der Waals surface area contributed by atoms with Crippen molar-refractivity contribution in [3.8, 4) is 0 Å². The molecule has 0 aliphatic heterocycles. The predicted octanol–water partition coefficient (Wildman–Crippen LogP) is 9.90. The van der Waals surface area contributed by atoms with E-state index >= 15 is 0 Å². The van der Waals surface area contributed by atoms with Crippen molar-refractivity contribution < 1.29 is 49.4 Å². The number of benzene rings is 1. The molecule has 0 N–H and O–H groups in total. The Kier molecular flexibility index (Phi) is 19.7. The molecule has 1 unspecified atom stereocenters. The molecule has 232 valence electrons. The van der Waals surface area contributed by atoms with E-state index in [-0.39, 0.29) is 0 Å². The quantitative estimate of drug-likeness (QED) is 0.157. The Morgan fingerprint density at radius 1 is 0.641 bits per heavy atom. The van der Waals surface area contributed by atoms with Crippen LogP contribution in [0, 0.1) is 6.92 Å². The van der Waals surface area contributed by atoms with Gasteiger partial charge < -0.3 is 5.11 Å². The zero-order valence-corrected chi connectivity index (χ0v) is 24.4. The van der Waals surface area contributed by atoms with Gasteiger partial charge in [-0.3, -0.25) is 0 Å². The first-order valence-corrected chi connectivity index (χ1v) is 15.8. The van der Waals surface area contributed by atoms with E-state index in [1.54, 1.807) is 24.6 Å². The maximum absolute atomic E-state index is 11.8. The lowest BCUT2D eigenvalue weighted by Gasteiger charge is -2.38. The van der Waals surface area contributed by atoms with E-state index in [0.717, 1.165) is 0 Å². The van der Waals surface area contributed by atoms with Gasteiger partial charge in [0.25, 0.3) is 0 Å². The van der Waals surface area contributed by atoms with Crippen LogP contribution < -0.4 is 5.11 Å². The normalized spacial score (nSPS) is 14.0. The maximum Gasteiger partial charge on any atom is 0.527 e. The van der Waals surface area contributed by atoms with Crippen LogP contribution in [0.25, 0.3) is 0 Å². The Labute approximate surface area is 228 Å². The van der Waals surface area contributed by atoms with Crippen LogP contribution in [0.15, 0.2) is 30.3 Å². The van der Waals surface area contributed by atoms with Gasteiger partial charge in [-0.15, -0.1) is 13.2 Å². The average Bonchev–Trinajstić information content (AvgIpc) is 2.82. The van der Waals surface area contributed by atoms with Gasteiger partial charge in [-0.25, -0.2) is 9.13 Å². The average molecular weight is 603 g/mol. The zero-order chi connectivity index (χ0) is 30.8. The van der Waals surface area contributed by atoms with Gasteiger partial charge >= 0.3 is 18.6 Å². The van der Waals surface area contributed by atoms with Gasteiger partial charge in [0.2, 0.25) is 5.85 Å². The molecule has 2 nitrogen and oxygen atoms in total. The second-order valence-corrected chi connectivity index (χ2v) is 13.9. The van der Waals surface area contributed by atoms with Crippen LogP contribution in [0.4, 0.5) is 39.5 Å². The highest BCUT2D eigenvalue weighted by Gasteiger charge is 2.67. The molecule has 1 aromatic rings. The minimum absolute atomic E-state index is 0.562. The Bertz CT molecular complexity index is 687. The van der Waals surface area contributed by atoms with Crippen LogP contribution >= 0.6 is 7.26 Å². The minimum atomic E-state index is -6.75. The van der Waals surface area contributed by atoms with Crippen LogP contribution in [0.1, 0.15) is 84.6 Å². The molecule has 0 fully saturated rings. The van der Waals surface area contributed by atoms with Crippen LogP contribution in [-0.2, 0) is 4.74 Å². The fourth-order valence-electron chi connectivity index (χ4n) is 3.56. The van der Waals surface area contributed by atoms with E-state index in [1.807, 2.05) is 18.2 Å². The molecule has 0 saturated carbocycles. The van der Waals surface area contributed by atoms with Crippen molar-refractivity contribution in [3.05, 3.63) is 35.9 Å². The van der Waals surface area contributed by atoms with Gasteiger partial charge in [-0.1, -0.05) is 89.3 Å². The second kappa shape index (κ2) is 19.1. The molecule has 0 heterocycles. The van der Waals surface area contributed by atoms with Crippen molar-refractivity contribution in [1.82, 2.24) is 0 Å². The van der Waals surface area contributed by atoms with E-state index in [0.29, 0.717) is 0 Å². The van der Waals surface area contributed by atoms with Gasteiger partial charge in [-0.05, 0) is 32.6 Å². The van der Waals surface area contributed by atoms with Crippen LogP contribution in [0.5, 0.6) is 0 Å². The molecule has 1 aromatic carbocycles. The van der Waals surface area contributed by atoms with Crippen LogP contribution in [-0.4, -0.2) is 49.1 Å². The van der Waals surface area contributed by atoms with E-state index in [1.165, 1.54) is 61.7 Å². The molecule has 1 rings (SSSR count). The van der Waals surface area contributed by atoms with Crippen molar-refractivity contribution in [1.29, 1.82) is 0 Å². The first-order chi connectivity index (χ1) is 17.8. The largest absolute Gasteiger partial charge is 0.811 e. The first kappa shape index (κ1) is 40.1. The SMILES string of the molecule is CCCC[P+](CCCC)(CCCC)CCCC.Cc1ccccc1.[O-]C(F)(C(F)(F)F)C(F)(F)OC(F)(F)F. The number of halogens is 9. The summed E-state index contributed by atoms with van der Waals surface area (Å²) >= 11 is 0. The standard InChI is InChI=1S/C16H36P.C7H8.C4F9O2/c1-5-9-13-17(14-10-6-2,15-11-7-3)16-12-8-4;1-7-5-3-2-4-6-7;5-1(14,2(6,7)8)3(9,10)15-4(11,12)13/h5-16H2,1-4H3;2-6H,1H3;/q+1;;-1. The van der Waals surface area contributed by atoms with Crippen molar-refractivity contribution in [2.24, 2.45) is 0 Å². The van der Waals surface area contributed by atoms with Crippen molar-refractivity contribution in [3.63, 3.8) is 0 Å². The minimum Gasteiger partial charge on any atom is -0.811 e. The summed E-state index contributed by atoms with van der Waals surface area (Å²) in [5, 5.41) is 9.66. The summed E-state index contributed by atoms with van der Waals surface area (Å²) in [5.74, 6) is -6.68. The summed E-state index contributed by atoms with van der Waals surface area (Å²) in [6.07, 6.45) is -1.69. The monoisotopic (exact) mass is 602 g/mol. The molecule has 0 aliphatic carbocycles. The molecule has 0 saturated heterocycles. The Balaban J connectivity index is 0. The lowest BCUT2D eigenvalue weighted by molar-refractivity contribution is -0.659. The number of alkyl halides is 9. The lowest BCUT2D eigenvalue weighted by Crippen LogP contribution is -2.66. The highest BCUT2D eigenvalue weighted by Crippen LogP contribution is 2.61. The summed E-state index contributed by atoms with van der Waals surface area (Å²) in [5.41, 5.74) is 1.32. The molecule has 0 spiro atoms. The number of unbranched alkanes of at least 4 members (excludes halogenated alkanes) is 4. The summed E-state index contributed by atoms with van der Waals surface area (Å²) in [6, 6.07) is 10.3. The maximum atomic E-state index is 11.8. The van der Waals surface area contributed by atoms with Crippen molar-refractivity contribution in [2.45, 2.75) is 110 Å². The summed E-state index contributed by atoms with van der Waals surface area (Å²) in [6.45, 7) is 11.5. The van der Waals surface area contributed by atoms with E-state index < -0.39 is 31.8 Å². The van der Waals surface area contributed by atoms with Gasteiger partial charge in [-0.2, -0.15) is 22.0 Å². The molecule has 0 bridgehead atoms. The summed E-state index contributed by atoms with van der Waals surface area (Å²) < 4.78 is 104. The topological polar surface area (TPSA) is 32.3 Å². The Morgan fingerprint density at radius 3 is 1.18 bits per heavy atom. The molecule has 0 amide bonds. The highest BCUT2D eigenvalue weighted by atomic mass is 31.2. The summed E-state index contributed by atoms with van der Waals surface area (Å²) in [4.78, 5) is 0. The zero-order valence-electron chi connectivity index (χ0n) is 23.5. The molecule has 39 heavy (non-hydrogen) atoms. The smallest absolute Gasteiger partial charge is 0.527 e. The van der Waals surface area contributed by atoms with Gasteiger partial charge in [0.1, 0.15) is 0 Å². The third kappa shape index (κ3) is 17.4. The Morgan fingerprint density at radius 2 is 0.974 bits per heavy atom. The lowest BCUT2D eigenvalue weighted by atomic mass is 10.2. The van der Waals surface area contributed by atoms with Crippen LogP contribution in [0.2, 0.25) is 0 Å². The Hall–Kier alpha value is -1.06. The third-order valence-corrected chi connectivity index (χ3v) is 10.9. The molecular formula is C27H44F9O2P. The van der Waals surface area contributed by atoms with Gasteiger partial charge in [0.05, 0.1) is 24.6 Å². The fourth-order valence-corrected chi connectivity index (χ4v) is 8.85. The molecular weight excluding hydrogens is 558 g/mol. The molecule has 1 atom stereocenters. The first-order valence-electron chi connectivity index (χ1n) is 13.3. The number of aryl methyl sites for hydroxylation is 1. The van der Waals surface area contributed by atoms with Crippen LogP contribution in [0.3, 0.4) is 0 Å². The van der Waals surface area contributed by atoms with E-state index in [4.69, 9.17) is 0 Å². The number of hydrogen-bond acceptors (Lipinski definition) is 2. The van der Waals surface area contributed by atoms with Crippen molar-refractivity contribution in [2.75, 3.05) is 24.6 Å². The molecule has 12 heteroatoms. The molecule has 0 radical (unpaired) electrons. The molecule has 0 aliphatic rings. The van der Waals surface area contributed by atoms with Gasteiger partial charge in [0, 0.05) is 7.26 Å². The van der Waals surface area contributed by atoms with E-state index in [9.17, 15) is 44.6 Å². The third-order valence-electron chi connectivity index (χ3n) is 5.87. The number of hydrogen-bond donors (Lipinski definition) is 0.